The lowest BCUT2D eigenvalue weighted by molar-refractivity contribution is -0.118. The highest BCUT2D eigenvalue weighted by atomic mass is 32.2. The Labute approximate surface area is 187 Å². The summed E-state index contributed by atoms with van der Waals surface area (Å²) in [6.07, 6.45) is 0. The summed E-state index contributed by atoms with van der Waals surface area (Å²) in [4.78, 5) is 12.1. The van der Waals surface area contributed by atoms with Crippen LogP contribution in [0, 0.1) is 0 Å². The molecular weight excluding hydrogens is 440 g/mol. The lowest BCUT2D eigenvalue weighted by Crippen LogP contribution is -2.21. The summed E-state index contributed by atoms with van der Waals surface area (Å²) >= 11 is 4.42. The zero-order chi connectivity index (χ0) is 21.3. The van der Waals surface area contributed by atoms with E-state index in [9.17, 15) is 9.90 Å². The maximum absolute atomic E-state index is 12.1. The van der Waals surface area contributed by atoms with Gasteiger partial charge in [0.05, 0.1) is 18.6 Å². The summed E-state index contributed by atoms with van der Waals surface area (Å²) < 4.78 is 6.70. The van der Waals surface area contributed by atoms with Crippen LogP contribution in [0.1, 0.15) is 18.1 Å². The second-order valence-corrected chi connectivity index (χ2v) is 9.44. The standard InChI is InChI=1S/C20H20N4O3S3/c1-13(15-8-9-16(25)17(10-15)27-2)21-22-18(26)12-29-20-24-23-19(30-20)28-11-14-6-4-3-5-7-14/h3-10,25H,11-12H2,1-2H3,(H,22,26)/b21-13-. The molecule has 0 aliphatic rings. The first-order chi connectivity index (χ1) is 14.5. The number of aromatic hydroxyl groups is 1. The van der Waals surface area contributed by atoms with E-state index in [-0.39, 0.29) is 17.4 Å². The molecule has 0 aliphatic heterocycles. The molecular formula is C20H20N4O3S3. The average Bonchev–Trinajstić information content (AvgIpc) is 3.23. The first-order valence-corrected chi connectivity index (χ1v) is 11.7. The van der Waals surface area contributed by atoms with Gasteiger partial charge >= 0.3 is 0 Å². The highest BCUT2D eigenvalue weighted by Crippen LogP contribution is 2.30. The molecule has 0 saturated heterocycles. The zero-order valence-electron chi connectivity index (χ0n) is 16.4. The summed E-state index contributed by atoms with van der Waals surface area (Å²) in [7, 11) is 1.48. The van der Waals surface area contributed by atoms with E-state index in [1.54, 1.807) is 30.8 Å². The van der Waals surface area contributed by atoms with Crippen LogP contribution in [0.15, 0.2) is 62.3 Å². The number of methoxy groups -OCH3 is 1. The van der Waals surface area contributed by atoms with E-state index in [2.05, 4.69) is 32.9 Å². The number of benzene rings is 2. The molecule has 0 unspecified atom stereocenters. The van der Waals surface area contributed by atoms with Gasteiger partial charge in [0.25, 0.3) is 5.91 Å². The number of carbonyl (C=O) groups excluding carboxylic acids is 1. The minimum atomic E-state index is -0.237. The third kappa shape index (κ3) is 6.48. The summed E-state index contributed by atoms with van der Waals surface area (Å²) in [5.41, 5.74) is 5.10. The van der Waals surface area contributed by atoms with Crippen LogP contribution in [-0.2, 0) is 10.5 Å². The molecule has 0 radical (unpaired) electrons. The molecule has 3 aromatic rings. The molecule has 3 rings (SSSR count). The molecule has 2 N–H and O–H groups in total. The van der Waals surface area contributed by atoms with Crippen molar-refractivity contribution in [2.24, 2.45) is 5.10 Å². The summed E-state index contributed by atoms with van der Waals surface area (Å²) in [6, 6.07) is 15.0. The number of aromatic nitrogens is 2. The number of hydrazone groups is 1. The predicted octanol–water partition coefficient (Wildman–Crippen LogP) is 4.18. The Kier molecular flexibility index (Phi) is 8.12. The van der Waals surface area contributed by atoms with Crippen LogP contribution >= 0.6 is 34.9 Å². The quantitative estimate of drug-likeness (QED) is 0.281. The predicted molar refractivity (Wildman–Crippen MR) is 122 cm³/mol. The number of thioether (sulfide) groups is 2. The molecule has 30 heavy (non-hydrogen) atoms. The van der Waals surface area contributed by atoms with Crippen LogP contribution in [0.3, 0.4) is 0 Å². The number of rotatable bonds is 9. The SMILES string of the molecule is COc1cc(/C(C)=N\NC(=O)CSc2nnc(SCc3ccccc3)s2)ccc1O. The maximum atomic E-state index is 12.1. The van der Waals surface area contributed by atoms with E-state index < -0.39 is 0 Å². The molecule has 1 heterocycles. The van der Waals surface area contributed by atoms with Crippen molar-refractivity contribution in [2.75, 3.05) is 12.9 Å². The van der Waals surface area contributed by atoms with Crippen LogP contribution in [0.2, 0.25) is 0 Å². The van der Waals surface area contributed by atoms with Gasteiger partial charge < -0.3 is 9.84 Å². The lowest BCUT2D eigenvalue weighted by atomic mass is 10.1. The van der Waals surface area contributed by atoms with Crippen molar-refractivity contribution >= 4 is 46.5 Å². The van der Waals surface area contributed by atoms with Gasteiger partial charge in [-0.2, -0.15) is 5.10 Å². The van der Waals surface area contributed by atoms with Crippen molar-refractivity contribution < 1.29 is 14.6 Å². The van der Waals surface area contributed by atoms with E-state index in [0.29, 0.717) is 11.5 Å². The second kappa shape index (κ2) is 11.0. The van der Waals surface area contributed by atoms with E-state index >= 15 is 0 Å². The number of phenolic OH excluding ortho intramolecular Hbond substituents is 1. The topological polar surface area (TPSA) is 96.7 Å². The molecule has 7 nitrogen and oxygen atoms in total. The number of amides is 1. The van der Waals surface area contributed by atoms with Gasteiger partial charge in [0.15, 0.2) is 20.2 Å². The van der Waals surface area contributed by atoms with Gasteiger partial charge in [-0.3, -0.25) is 4.79 Å². The number of nitrogens with one attached hydrogen (secondary N) is 1. The summed E-state index contributed by atoms with van der Waals surface area (Å²) in [5, 5.41) is 22.1. The van der Waals surface area contributed by atoms with Gasteiger partial charge in [-0.1, -0.05) is 65.2 Å². The Morgan fingerprint density at radius 3 is 2.63 bits per heavy atom. The van der Waals surface area contributed by atoms with Crippen LogP contribution < -0.4 is 10.2 Å². The summed E-state index contributed by atoms with van der Waals surface area (Å²) in [6.45, 7) is 1.76. The Balaban J connectivity index is 1.46. The van der Waals surface area contributed by atoms with Gasteiger partial charge in [0, 0.05) is 11.3 Å². The Morgan fingerprint density at radius 2 is 1.90 bits per heavy atom. The van der Waals surface area contributed by atoms with Crippen molar-refractivity contribution in [3.63, 3.8) is 0 Å². The van der Waals surface area contributed by atoms with Gasteiger partial charge in [-0.05, 0) is 30.7 Å². The van der Waals surface area contributed by atoms with Crippen LogP contribution in [0.5, 0.6) is 11.5 Å². The smallest absolute Gasteiger partial charge is 0.250 e. The fourth-order valence-corrected chi connectivity index (χ4v) is 5.07. The molecule has 1 amide bonds. The normalized spacial score (nSPS) is 11.3. The largest absolute Gasteiger partial charge is 0.504 e. The van der Waals surface area contributed by atoms with Crippen molar-refractivity contribution in [1.29, 1.82) is 0 Å². The average molecular weight is 461 g/mol. The molecule has 0 spiro atoms. The molecule has 0 atom stereocenters. The highest BCUT2D eigenvalue weighted by molar-refractivity contribution is 8.03. The van der Waals surface area contributed by atoms with Crippen molar-refractivity contribution in [3.05, 3.63) is 59.7 Å². The Hall–Kier alpha value is -2.56. The van der Waals surface area contributed by atoms with Gasteiger partial charge in [0.2, 0.25) is 0 Å². The zero-order valence-corrected chi connectivity index (χ0v) is 18.8. The van der Waals surface area contributed by atoms with Gasteiger partial charge in [0.1, 0.15) is 0 Å². The van der Waals surface area contributed by atoms with Crippen LogP contribution in [0.25, 0.3) is 0 Å². The Bertz CT molecular complexity index is 1030. The second-order valence-electron chi connectivity index (χ2n) is 6.02. The van der Waals surface area contributed by atoms with Crippen molar-refractivity contribution in [1.82, 2.24) is 15.6 Å². The van der Waals surface area contributed by atoms with E-state index in [0.717, 1.165) is 20.0 Å². The minimum absolute atomic E-state index is 0.0489. The fourth-order valence-electron chi connectivity index (χ4n) is 2.31. The molecule has 156 valence electrons. The molecule has 1 aromatic heterocycles. The Morgan fingerprint density at radius 1 is 1.17 bits per heavy atom. The first kappa shape index (κ1) is 22.1. The van der Waals surface area contributed by atoms with Gasteiger partial charge in [-0.15, -0.1) is 10.2 Å². The number of hydrogen-bond acceptors (Lipinski definition) is 9. The number of phenols is 1. The van der Waals surface area contributed by atoms with Crippen LogP contribution in [-0.4, -0.2) is 39.8 Å². The number of nitrogens with zero attached hydrogens (tertiary/aromatic N) is 3. The fraction of sp³-hybridized carbons (Fsp3) is 0.200. The third-order valence-electron chi connectivity index (χ3n) is 3.87. The van der Waals surface area contributed by atoms with Gasteiger partial charge in [-0.25, -0.2) is 5.43 Å². The number of carbonyl (C=O) groups is 1. The highest BCUT2D eigenvalue weighted by Gasteiger charge is 2.10. The van der Waals surface area contributed by atoms with Crippen LogP contribution in [0.4, 0.5) is 0 Å². The van der Waals surface area contributed by atoms with Crippen molar-refractivity contribution in [2.45, 2.75) is 21.4 Å². The monoisotopic (exact) mass is 460 g/mol. The van der Waals surface area contributed by atoms with E-state index in [4.69, 9.17) is 4.74 Å². The minimum Gasteiger partial charge on any atom is -0.504 e. The van der Waals surface area contributed by atoms with E-state index in [1.165, 1.54) is 41.8 Å². The number of ether oxygens (including phenoxy) is 1. The lowest BCUT2D eigenvalue weighted by Gasteiger charge is -2.06. The molecule has 0 aliphatic carbocycles. The van der Waals surface area contributed by atoms with E-state index in [1.807, 2.05) is 18.2 Å². The number of hydrogen-bond donors (Lipinski definition) is 2. The molecule has 0 saturated carbocycles. The molecule has 0 bridgehead atoms. The first-order valence-electron chi connectivity index (χ1n) is 8.88. The third-order valence-corrected chi connectivity index (χ3v) is 7.13. The summed E-state index contributed by atoms with van der Waals surface area (Å²) in [5.74, 6) is 1.18. The molecule has 2 aromatic carbocycles. The molecule has 0 fully saturated rings. The van der Waals surface area contributed by atoms with Crippen molar-refractivity contribution in [3.8, 4) is 11.5 Å². The molecule has 10 heteroatoms. The maximum Gasteiger partial charge on any atom is 0.250 e.